The largest absolute Gasteiger partial charge is 0.346 e. The summed E-state index contributed by atoms with van der Waals surface area (Å²) in [5, 5.41) is 6.52. The second-order valence-electron chi connectivity index (χ2n) is 1.26. The molecule has 0 heterocycles. The Balaban J connectivity index is 2.98. The summed E-state index contributed by atoms with van der Waals surface area (Å²) in [5.41, 5.74) is 0. The van der Waals surface area contributed by atoms with Gasteiger partial charge in [-0.3, -0.25) is 0 Å². The van der Waals surface area contributed by atoms with Crippen LogP contribution in [0.25, 0.3) is 0 Å². The fourth-order valence-electron chi connectivity index (χ4n) is 0.222. The Morgan fingerprint density at radius 1 is 1.88 bits per heavy atom. The van der Waals surface area contributed by atoms with E-state index in [1.165, 1.54) is 0 Å². The van der Waals surface area contributed by atoms with Crippen molar-refractivity contribution < 1.29 is 9.42 Å². The lowest BCUT2D eigenvalue weighted by Gasteiger charge is -2.00. The van der Waals surface area contributed by atoms with E-state index in [1.807, 2.05) is 6.92 Å². The van der Waals surface area contributed by atoms with Crippen LogP contribution in [0.5, 0.6) is 0 Å². The molecule has 0 aliphatic heterocycles. The lowest BCUT2D eigenvalue weighted by atomic mass is 10.5. The smallest absolute Gasteiger partial charge is 0.213 e. The summed E-state index contributed by atoms with van der Waals surface area (Å²) >= 11 is 0. The highest BCUT2D eigenvalue weighted by molar-refractivity contribution is 7.62. The zero-order valence-electron chi connectivity index (χ0n) is 4.79. The molecule has 0 aliphatic rings. The molecule has 0 bridgehead atoms. The third-order valence-corrected chi connectivity index (χ3v) is 1.21. The van der Waals surface area contributed by atoms with Gasteiger partial charge in [-0.2, -0.15) is 0 Å². The van der Waals surface area contributed by atoms with E-state index < -0.39 is 8.38 Å². The molecule has 0 saturated heterocycles. The topological polar surface area (TPSA) is 53.3 Å². The average Bonchev–Trinajstić information content (AvgIpc) is 1.83. The number of rotatable bonds is 4. The first-order valence-electron chi connectivity index (χ1n) is 2.43. The molecule has 0 radical (unpaired) electrons. The van der Waals surface area contributed by atoms with Gasteiger partial charge in [-0.1, -0.05) is 6.92 Å². The molecule has 0 rings (SSSR count). The van der Waals surface area contributed by atoms with Gasteiger partial charge in [0.15, 0.2) is 0 Å². The standard InChI is InChI=1S/C4H10NO2P/c1-2-3-7-8(6)4-5/h4-6H,2-3H2,1H3. The van der Waals surface area contributed by atoms with Gasteiger partial charge >= 0.3 is 0 Å². The van der Waals surface area contributed by atoms with Crippen molar-refractivity contribution in [3.63, 3.8) is 0 Å². The molecular formula is C4H10NO2P. The van der Waals surface area contributed by atoms with Crippen LogP contribution in [0.1, 0.15) is 13.3 Å². The lowest BCUT2D eigenvalue weighted by molar-refractivity contribution is 0.319. The number of hydrogen-bond acceptors (Lipinski definition) is 3. The van der Waals surface area contributed by atoms with E-state index in [4.69, 9.17) is 14.8 Å². The van der Waals surface area contributed by atoms with Crippen LogP contribution in [0.15, 0.2) is 0 Å². The van der Waals surface area contributed by atoms with Crippen LogP contribution in [-0.4, -0.2) is 17.5 Å². The molecule has 0 fully saturated rings. The third-order valence-electron chi connectivity index (χ3n) is 0.538. The van der Waals surface area contributed by atoms with E-state index in [-0.39, 0.29) is 0 Å². The molecule has 1 atom stereocenters. The molecule has 0 aromatic heterocycles. The Kier molecular flexibility index (Phi) is 5.18. The zero-order chi connectivity index (χ0) is 6.41. The molecule has 48 valence electrons. The molecule has 0 aliphatic carbocycles. The average molecular weight is 135 g/mol. The molecule has 0 amide bonds. The van der Waals surface area contributed by atoms with Gasteiger partial charge in [-0.05, 0) is 6.42 Å². The van der Waals surface area contributed by atoms with Crippen molar-refractivity contribution >= 4 is 14.3 Å². The van der Waals surface area contributed by atoms with Gasteiger partial charge in [-0.15, -0.1) is 0 Å². The third kappa shape index (κ3) is 4.19. The zero-order valence-corrected chi connectivity index (χ0v) is 5.69. The maximum Gasteiger partial charge on any atom is 0.213 e. The van der Waals surface area contributed by atoms with Crippen LogP contribution >= 0.6 is 8.38 Å². The summed E-state index contributed by atoms with van der Waals surface area (Å²) in [6.07, 6.45) is 0.882. The van der Waals surface area contributed by atoms with Crippen molar-refractivity contribution in [3.8, 4) is 0 Å². The Bertz CT molecular complexity index is 69.1. The van der Waals surface area contributed by atoms with Crippen molar-refractivity contribution in [2.45, 2.75) is 13.3 Å². The van der Waals surface area contributed by atoms with Gasteiger partial charge in [0.1, 0.15) is 0 Å². The maximum absolute atomic E-state index is 8.59. The summed E-state index contributed by atoms with van der Waals surface area (Å²) in [5.74, 6) is 0.922. The maximum atomic E-state index is 8.59. The lowest BCUT2D eigenvalue weighted by Crippen LogP contribution is -1.85. The van der Waals surface area contributed by atoms with Crippen LogP contribution in [0, 0.1) is 5.41 Å². The Morgan fingerprint density at radius 2 is 2.50 bits per heavy atom. The predicted molar refractivity (Wildman–Crippen MR) is 34.2 cm³/mol. The highest BCUT2D eigenvalue weighted by Crippen LogP contribution is 2.25. The van der Waals surface area contributed by atoms with Crippen molar-refractivity contribution in [3.05, 3.63) is 0 Å². The van der Waals surface area contributed by atoms with Crippen LogP contribution in [0.4, 0.5) is 0 Å². The predicted octanol–water partition coefficient (Wildman–Crippen LogP) is 1.32. The molecule has 1 unspecified atom stereocenters. The van der Waals surface area contributed by atoms with Crippen molar-refractivity contribution in [1.82, 2.24) is 0 Å². The number of nitrogens with one attached hydrogen (secondary N) is 1. The molecule has 0 aromatic carbocycles. The summed E-state index contributed by atoms with van der Waals surface area (Å²) in [4.78, 5) is 8.59. The second-order valence-corrected chi connectivity index (χ2v) is 2.39. The van der Waals surface area contributed by atoms with E-state index >= 15 is 0 Å². The van der Waals surface area contributed by atoms with E-state index in [0.717, 1.165) is 12.4 Å². The fraction of sp³-hybridized carbons (Fsp3) is 0.750. The number of hydrogen-bond donors (Lipinski definition) is 2. The normalized spacial score (nSPS) is 13.2. The highest BCUT2D eigenvalue weighted by Gasteiger charge is 1.95. The van der Waals surface area contributed by atoms with E-state index in [2.05, 4.69) is 0 Å². The van der Waals surface area contributed by atoms with Gasteiger partial charge in [0.05, 0.1) is 12.6 Å². The van der Waals surface area contributed by atoms with Crippen molar-refractivity contribution in [2.75, 3.05) is 6.61 Å². The van der Waals surface area contributed by atoms with Gasteiger partial charge < -0.3 is 14.8 Å². The van der Waals surface area contributed by atoms with Gasteiger partial charge in [-0.25, -0.2) is 0 Å². The van der Waals surface area contributed by atoms with Gasteiger partial charge in [0.25, 0.3) is 0 Å². The minimum absolute atomic E-state index is 0.539. The van der Waals surface area contributed by atoms with Gasteiger partial charge in [0, 0.05) is 0 Å². The first-order chi connectivity index (χ1) is 3.81. The van der Waals surface area contributed by atoms with Crippen LogP contribution in [0.3, 0.4) is 0 Å². The molecule has 0 spiro atoms. The second kappa shape index (κ2) is 5.16. The SMILES string of the molecule is CCCOP(O)C=N. The van der Waals surface area contributed by atoms with E-state index in [1.54, 1.807) is 0 Å². The van der Waals surface area contributed by atoms with Crippen LogP contribution < -0.4 is 0 Å². The Morgan fingerprint density at radius 3 is 2.88 bits per heavy atom. The Labute approximate surface area is 50.1 Å². The molecule has 3 nitrogen and oxygen atoms in total. The van der Waals surface area contributed by atoms with Crippen molar-refractivity contribution in [2.24, 2.45) is 0 Å². The molecule has 8 heavy (non-hydrogen) atoms. The summed E-state index contributed by atoms with van der Waals surface area (Å²) in [6, 6.07) is 0. The molecule has 4 heteroatoms. The minimum Gasteiger partial charge on any atom is -0.346 e. The van der Waals surface area contributed by atoms with Crippen molar-refractivity contribution in [1.29, 1.82) is 5.41 Å². The summed E-state index contributed by atoms with van der Waals surface area (Å²) < 4.78 is 4.72. The van der Waals surface area contributed by atoms with Crippen LogP contribution in [-0.2, 0) is 4.52 Å². The van der Waals surface area contributed by atoms with E-state index in [0.29, 0.717) is 6.61 Å². The molecule has 0 aromatic rings. The minimum atomic E-state index is -1.54. The highest BCUT2D eigenvalue weighted by atomic mass is 31.2. The molecular weight excluding hydrogens is 125 g/mol. The molecule has 0 saturated carbocycles. The summed E-state index contributed by atoms with van der Waals surface area (Å²) in [6.45, 7) is 2.49. The summed E-state index contributed by atoms with van der Waals surface area (Å²) in [7, 11) is -1.54. The van der Waals surface area contributed by atoms with Crippen LogP contribution in [0.2, 0.25) is 0 Å². The van der Waals surface area contributed by atoms with Gasteiger partial charge in [0.2, 0.25) is 8.38 Å². The van der Waals surface area contributed by atoms with E-state index in [9.17, 15) is 0 Å². The first kappa shape index (κ1) is 8.02. The molecule has 2 N–H and O–H groups in total. The first-order valence-corrected chi connectivity index (χ1v) is 3.71. The quantitative estimate of drug-likeness (QED) is 0.451. The fourth-order valence-corrected chi connectivity index (χ4v) is 0.666. The Hall–Kier alpha value is 0.0200. The monoisotopic (exact) mass is 135 g/mol.